The summed E-state index contributed by atoms with van der Waals surface area (Å²) in [5, 5.41) is 5.00. The van der Waals surface area contributed by atoms with Gasteiger partial charge < -0.3 is 14.8 Å². The summed E-state index contributed by atoms with van der Waals surface area (Å²) in [4.78, 5) is 16.3. The van der Waals surface area contributed by atoms with E-state index < -0.39 is 10.0 Å². The number of methoxy groups -OCH3 is 2. The molecule has 0 fully saturated rings. The predicted molar refractivity (Wildman–Crippen MR) is 97.3 cm³/mol. The van der Waals surface area contributed by atoms with Crippen LogP contribution in [0.5, 0.6) is 0 Å². The predicted octanol–water partition coefficient (Wildman–Crippen LogP) is 1.10. The van der Waals surface area contributed by atoms with Crippen LogP contribution >= 0.6 is 11.3 Å². The molecule has 0 atom stereocenters. The van der Waals surface area contributed by atoms with Crippen molar-refractivity contribution in [3.8, 4) is 0 Å². The van der Waals surface area contributed by atoms with E-state index in [1.165, 1.54) is 15.6 Å². The van der Waals surface area contributed by atoms with Crippen LogP contribution in [0.2, 0.25) is 0 Å². The van der Waals surface area contributed by atoms with E-state index in [1.807, 2.05) is 0 Å². The first-order valence-electron chi connectivity index (χ1n) is 8.12. The van der Waals surface area contributed by atoms with Gasteiger partial charge in [0.05, 0.1) is 12.3 Å². The molecule has 1 N–H and O–H groups in total. The number of nitrogens with one attached hydrogen (secondary N) is 1. The molecular weight excluding hydrogens is 366 g/mol. The molecule has 0 saturated heterocycles. The van der Waals surface area contributed by atoms with Crippen LogP contribution in [0.4, 0.5) is 0 Å². The quantitative estimate of drug-likeness (QED) is 0.504. The van der Waals surface area contributed by atoms with Crippen LogP contribution in [-0.2, 0) is 26.0 Å². The molecule has 1 aromatic heterocycles. The summed E-state index contributed by atoms with van der Waals surface area (Å²) in [6, 6.07) is 0. The molecule has 1 heterocycles. The molecule has 1 aromatic rings. The molecule has 0 unspecified atom stereocenters. The van der Waals surface area contributed by atoms with Gasteiger partial charge in [0.15, 0.2) is 0 Å². The summed E-state index contributed by atoms with van der Waals surface area (Å²) in [5.41, 5.74) is 0.308. The van der Waals surface area contributed by atoms with Crippen LogP contribution in [0.15, 0.2) is 5.38 Å². The van der Waals surface area contributed by atoms with Crippen LogP contribution < -0.4 is 5.32 Å². The minimum Gasteiger partial charge on any atom is -0.385 e. The lowest BCUT2D eigenvalue weighted by Crippen LogP contribution is -2.33. The largest absolute Gasteiger partial charge is 0.385 e. The van der Waals surface area contributed by atoms with Gasteiger partial charge in [0.1, 0.15) is 10.7 Å². The number of amides is 1. The van der Waals surface area contributed by atoms with Crippen molar-refractivity contribution in [2.24, 2.45) is 0 Å². The van der Waals surface area contributed by atoms with Crippen LogP contribution in [-0.4, -0.2) is 69.9 Å². The van der Waals surface area contributed by atoms with E-state index in [4.69, 9.17) is 9.47 Å². The molecule has 0 bridgehead atoms. The van der Waals surface area contributed by atoms with Gasteiger partial charge in [-0.3, -0.25) is 4.79 Å². The lowest BCUT2D eigenvalue weighted by molar-refractivity contribution is 0.0944. The smallest absolute Gasteiger partial charge is 0.270 e. The number of thiazole rings is 1. The van der Waals surface area contributed by atoms with E-state index in [-0.39, 0.29) is 18.2 Å². The zero-order chi connectivity index (χ0) is 18.7. The molecule has 0 radical (unpaired) electrons. The SMILES string of the molecule is CCS(=O)(=O)N(CCCOC)Cc1nc(C(=O)NCCCOC)cs1. The fraction of sp³-hybridized carbons (Fsp3) is 0.733. The third kappa shape index (κ3) is 7.78. The molecule has 8 nitrogen and oxygen atoms in total. The number of hydrogen-bond acceptors (Lipinski definition) is 7. The van der Waals surface area contributed by atoms with E-state index in [0.717, 1.165) is 6.42 Å². The Kier molecular flexibility index (Phi) is 10.1. The summed E-state index contributed by atoms with van der Waals surface area (Å²) >= 11 is 1.28. The molecule has 0 aromatic carbocycles. The number of nitrogens with zero attached hydrogens (tertiary/aromatic N) is 2. The first kappa shape index (κ1) is 22.0. The number of rotatable bonds is 13. The Balaban J connectivity index is 2.66. The van der Waals surface area contributed by atoms with Gasteiger partial charge in [-0.1, -0.05) is 0 Å². The maximum absolute atomic E-state index is 12.2. The Hall–Kier alpha value is -1.07. The zero-order valence-corrected chi connectivity index (χ0v) is 16.6. The highest BCUT2D eigenvalue weighted by Gasteiger charge is 2.22. The maximum Gasteiger partial charge on any atom is 0.270 e. The molecule has 0 aliphatic carbocycles. The van der Waals surface area contributed by atoms with Crippen molar-refractivity contribution in [1.82, 2.24) is 14.6 Å². The second-order valence-corrected chi connectivity index (χ2v) is 8.51. The second-order valence-electron chi connectivity index (χ2n) is 5.31. The highest BCUT2D eigenvalue weighted by atomic mass is 32.2. The van der Waals surface area contributed by atoms with E-state index >= 15 is 0 Å². The van der Waals surface area contributed by atoms with Crippen LogP contribution in [0.3, 0.4) is 0 Å². The van der Waals surface area contributed by atoms with E-state index in [1.54, 1.807) is 26.5 Å². The lowest BCUT2D eigenvalue weighted by atomic mass is 10.4. The molecule has 1 rings (SSSR count). The molecule has 10 heteroatoms. The molecular formula is C15H27N3O5S2. The topological polar surface area (TPSA) is 97.8 Å². The maximum atomic E-state index is 12.2. The van der Waals surface area contributed by atoms with E-state index in [9.17, 15) is 13.2 Å². The number of hydrogen-bond donors (Lipinski definition) is 1. The Labute approximate surface area is 153 Å². The fourth-order valence-electron chi connectivity index (χ4n) is 2.03. The van der Waals surface area contributed by atoms with Crippen LogP contribution in [0.25, 0.3) is 0 Å². The van der Waals surface area contributed by atoms with Crippen molar-refractivity contribution in [3.05, 3.63) is 16.1 Å². The fourth-order valence-corrected chi connectivity index (χ4v) is 3.99. The van der Waals surface area contributed by atoms with Gasteiger partial charge in [-0.15, -0.1) is 11.3 Å². The van der Waals surface area contributed by atoms with Crippen molar-refractivity contribution in [2.75, 3.05) is 46.3 Å². The highest BCUT2D eigenvalue weighted by Crippen LogP contribution is 2.15. The monoisotopic (exact) mass is 393 g/mol. The Morgan fingerprint density at radius 2 is 1.96 bits per heavy atom. The van der Waals surface area contributed by atoms with Crippen LogP contribution in [0, 0.1) is 0 Å². The summed E-state index contributed by atoms with van der Waals surface area (Å²) in [5.74, 6) is -0.235. The average Bonchev–Trinajstić information content (AvgIpc) is 3.06. The van der Waals surface area contributed by atoms with Crippen molar-refractivity contribution in [1.29, 1.82) is 0 Å². The minimum absolute atomic E-state index is 0.0260. The van der Waals surface area contributed by atoms with Gasteiger partial charge >= 0.3 is 0 Å². The molecule has 1 amide bonds. The van der Waals surface area contributed by atoms with Crippen molar-refractivity contribution >= 4 is 27.3 Å². The zero-order valence-electron chi connectivity index (χ0n) is 15.0. The molecule has 25 heavy (non-hydrogen) atoms. The first-order chi connectivity index (χ1) is 11.9. The van der Waals surface area contributed by atoms with Gasteiger partial charge in [-0.05, 0) is 19.8 Å². The summed E-state index contributed by atoms with van der Waals surface area (Å²) < 4.78 is 35.7. The van der Waals surface area contributed by atoms with E-state index in [2.05, 4.69) is 10.3 Å². The van der Waals surface area contributed by atoms with Crippen molar-refractivity contribution < 1.29 is 22.7 Å². The number of sulfonamides is 1. The molecule has 0 saturated carbocycles. The summed E-state index contributed by atoms with van der Waals surface area (Å²) in [6.45, 7) is 3.71. The summed E-state index contributed by atoms with van der Waals surface area (Å²) in [7, 11) is -0.152. The van der Waals surface area contributed by atoms with Crippen molar-refractivity contribution in [2.45, 2.75) is 26.3 Å². The number of carbonyl (C=O) groups is 1. The molecule has 144 valence electrons. The molecule has 0 aliphatic heterocycles. The normalized spacial score (nSPS) is 11.8. The Morgan fingerprint density at radius 1 is 1.28 bits per heavy atom. The van der Waals surface area contributed by atoms with Gasteiger partial charge in [-0.25, -0.2) is 13.4 Å². The highest BCUT2D eigenvalue weighted by molar-refractivity contribution is 7.89. The third-order valence-electron chi connectivity index (χ3n) is 3.42. The molecule has 0 spiro atoms. The molecule has 0 aliphatic rings. The second kappa shape index (κ2) is 11.5. The number of carbonyl (C=O) groups excluding carboxylic acids is 1. The van der Waals surface area contributed by atoms with Gasteiger partial charge in [0, 0.05) is 45.9 Å². The Bertz CT molecular complexity index is 618. The van der Waals surface area contributed by atoms with Gasteiger partial charge in [0.2, 0.25) is 10.0 Å². The average molecular weight is 394 g/mol. The first-order valence-corrected chi connectivity index (χ1v) is 10.6. The summed E-state index contributed by atoms with van der Waals surface area (Å²) in [6.07, 6.45) is 1.33. The van der Waals surface area contributed by atoms with Gasteiger partial charge in [0.25, 0.3) is 5.91 Å². The lowest BCUT2D eigenvalue weighted by Gasteiger charge is -2.20. The standard InChI is InChI=1S/C15H27N3O5S2/c1-4-25(20,21)18(8-6-10-23-3)11-14-17-13(12-24-14)15(19)16-7-5-9-22-2/h12H,4-11H2,1-3H3,(H,16,19). The Morgan fingerprint density at radius 3 is 2.60 bits per heavy atom. The van der Waals surface area contributed by atoms with E-state index in [0.29, 0.717) is 43.4 Å². The van der Waals surface area contributed by atoms with Gasteiger partial charge in [-0.2, -0.15) is 4.31 Å². The van der Waals surface area contributed by atoms with Crippen molar-refractivity contribution in [3.63, 3.8) is 0 Å². The minimum atomic E-state index is -3.34. The number of ether oxygens (including phenoxy) is 2. The third-order valence-corrected chi connectivity index (χ3v) is 6.08. The number of aromatic nitrogens is 1. The van der Waals surface area contributed by atoms with Crippen LogP contribution in [0.1, 0.15) is 35.3 Å².